The lowest BCUT2D eigenvalue weighted by Crippen LogP contribution is -2.32. The topological polar surface area (TPSA) is 71.3 Å². The molecule has 0 aliphatic heterocycles. The van der Waals surface area contributed by atoms with Gasteiger partial charge >= 0.3 is 0 Å². The van der Waals surface area contributed by atoms with E-state index in [0.717, 1.165) is 18.6 Å². The molecular weight excluding hydrogens is 280 g/mol. The lowest BCUT2D eigenvalue weighted by molar-refractivity contribution is -0.114. The fourth-order valence-electron chi connectivity index (χ4n) is 2.13. The molecule has 22 heavy (non-hydrogen) atoms. The first-order chi connectivity index (χ1) is 10.5. The number of rotatable bonds is 6. The second-order valence-corrected chi connectivity index (χ2v) is 5.25. The number of carbonyl (C=O) groups is 2. The molecule has 5 nitrogen and oxygen atoms in total. The molecule has 0 aliphatic carbocycles. The van der Waals surface area contributed by atoms with E-state index in [9.17, 15) is 9.59 Å². The van der Waals surface area contributed by atoms with Crippen LogP contribution in [0.1, 0.15) is 36.4 Å². The Morgan fingerprint density at radius 2 is 2.05 bits per heavy atom. The number of amides is 2. The van der Waals surface area contributed by atoms with Gasteiger partial charge in [-0.05, 0) is 43.7 Å². The van der Waals surface area contributed by atoms with Crippen molar-refractivity contribution in [2.45, 2.75) is 32.7 Å². The molecule has 0 spiro atoms. The van der Waals surface area contributed by atoms with Gasteiger partial charge in [-0.25, -0.2) is 0 Å². The number of furan rings is 1. The van der Waals surface area contributed by atoms with Crippen LogP contribution in [0, 0.1) is 0 Å². The summed E-state index contributed by atoms with van der Waals surface area (Å²) in [5.74, 6) is 0.595. The summed E-state index contributed by atoms with van der Waals surface area (Å²) >= 11 is 0. The van der Waals surface area contributed by atoms with E-state index < -0.39 is 0 Å². The zero-order chi connectivity index (χ0) is 15.9. The number of benzene rings is 1. The molecule has 2 aromatic rings. The maximum absolute atomic E-state index is 12.2. The van der Waals surface area contributed by atoms with Crippen molar-refractivity contribution < 1.29 is 14.0 Å². The van der Waals surface area contributed by atoms with Crippen LogP contribution in [-0.2, 0) is 11.2 Å². The Morgan fingerprint density at radius 1 is 1.23 bits per heavy atom. The Balaban J connectivity index is 1.89. The third kappa shape index (κ3) is 4.77. The van der Waals surface area contributed by atoms with Gasteiger partial charge in [0.1, 0.15) is 5.76 Å². The Labute approximate surface area is 129 Å². The SMILES string of the molecule is CC(=O)Nc1cccc(C(=O)NC(C)CCc2ccco2)c1. The Kier molecular flexibility index (Phi) is 5.36. The van der Waals surface area contributed by atoms with Crippen molar-refractivity contribution in [2.24, 2.45) is 0 Å². The smallest absolute Gasteiger partial charge is 0.251 e. The van der Waals surface area contributed by atoms with Crippen LogP contribution in [-0.4, -0.2) is 17.9 Å². The summed E-state index contributed by atoms with van der Waals surface area (Å²) in [7, 11) is 0. The minimum absolute atomic E-state index is 0.0297. The highest BCUT2D eigenvalue weighted by atomic mass is 16.3. The first kappa shape index (κ1) is 15.8. The van der Waals surface area contributed by atoms with Crippen LogP contribution in [0.3, 0.4) is 0 Å². The molecule has 1 heterocycles. The molecule has 1 aromatic heterocycles. The van der Waals surface area contributed by atoms with Gasteiger partial charge in [-0.2, -0.15) is 0 Å². The quantitative estimate of drug-likeness (QED) is 0.861. The third-order valence-corrected chi connectivity index (χ3v) is 3.23. The third-order valence-electron chi connectivity index (χ3n) is 3.23. The summed E-state index contributed by atoms with van der Waals surface area (Å²) in [5.41, 5.74) is 1.14. The second kappa shape index (κ2) is 7.45. The summed E-state index contributed by atoms with van der Waals surface area (Å²) < 4.78 is 5.27. The number of anilines is 1. The molecule has 1 unspecified atom stereocenters. The van der Waals surface area contributed by atoms with Crippen LogP contribution in [0.25, 0.3) is 0 Å². The van der Waals surface area contributed by atoms with Crippen LogP contribution in [0.5, 0.6) is 0 Å². The number of hydrogen-bond donors (Lipinski definition) is 2. The Bertz CT molecular complexity index is 635. The first-order valence-corrected chi connectivity index (χ1v) is 7.25. The van der Waals surface area contributed by atoms with E-state index in [2.05, 4.69) is 10.6 Å². The van der Waals surface area contributed by atoms with E-state index in [1.54, 1.807) is 30.5 Å². The molecular formula is C17H20N2O3. The van der Waals surface area contributed by atoms with E-state index in [1.165, 1.54) is 6.92 Å². The number of carbonyl (C=O) groups excluding carboxylic acids is 2. The molecule has 1 aromatic carbocycles. The van der Waals surface area contributed by atoms with Gasteiger partial charge in [0.05, 0.1) is 6.26 Å². The van der Waals surface area contributed by atoms with E-state index in [0.29, 0.717) is 11.3 Å². The molecule has 0 aliphatic rings. The van der Waals surface area contributed by atoms with Crippen LogP contribution in [0.4, 0.5) is 5.69 Å². The highest BCUT2D eigenvalue weighted by molar-refractivity contribution is 5.96. The average molecular weight is 300 g/mol. The molecule has 0 saturated carbocycles. The predicted molar refractivity (Wildman–Crippen MR) is 84.7 cm³/mol. The highest BCUT2D eigenvalue weighted by Crippen LogP contribution is 2.11. The molecule has 5 heteroatoms. The summed E-state index contributed by atoms with van der Waals surface area (Å²) in [6.45, 7) is 3.39. The van der Waals surface area contributed by atoms with E-state index in [1.807, 2.05) is 19.1 Å². The predicted octanol–water partition coefficient (Wildman–Crippen LogP) is 2.99. The number of nitrogens with one attached hydrogen (secondary N) is 2. The van der Waals surface area contributed by atoms with Crippen LogP contribution < -0.4 is 10.6 Å². The molecule has 2 N–H and O–H groups in total. The molecule has 0 bridgehead atoms. The van der Waals surface area contributed by atoms with Crippen LogP contribution >= 0.6 is 0 Å². The fourth-order valence-corrected chi connectivity index (χ4v) is 2.13. The normalized spacial score (nSPS) is 11.7. The van der Waals surface area contributed by atoms with Crippen LogP contribution in [0.2, 0.25) is 0 Å². The van der Waals surface area contributed by atoms with Crippen molar-refractivity contribution in [1.82, 2.24) is 5.32 Å². The van der Waals surface area contributed by atoms with Crippen LogP contribution in [0.15, 0.2) is 47.1 Å². The van der Waals surface area contributed by atoms with Crippen molar-refractivity contribution in [1.29, 1.82) is 0 Å². The van der Waals surface area contributed by atoms with Gasteiger partial charge in [0.15, 0.2) is 0 Å². The lowest BCUT2D eigenvalue weighted by Gasteiger charge is -2.13. The molecule has 1 atom stereocenters. The minimum atomic E-state index is -0.163. The van der Waals surface area contributed by atoms with Gasteiger partial charge in [0.2, 0.25) is 5.91 Å². The standard InChI is InChI=1S/C17H20N2O3/c1-12(8-9-16-7-4-10-22-16)18-17(21)14-5-3-6-15(11-14)19-13(2)20/h3-7,10-12H,8-9H2,1-2H3,(H,18,21)(H,19,20). The van der Waals surface area contributed by atoms with E-state index >= 15 is 0 Å². The molecule has 0 fully saturated rings. The molecule has 2 amide bonds. The summed E-state index contributed by atoms with van der Waals surface area (Å²) in [5, 5.41) is 5.61. The van der Waals surface area contributed by atoms with Crippen molar-refractivity contribution in [3.63, 3.8) is 0 Å². The van der Waals surface area contributed by atoms with Gasteiger partial charge in [-0.15, -0.1) is 0 Å². The lowest BCUT2D eigenvalue weighted by atomic mass is 10.1. The van der Waals surface area contributed by atoms with Gasteiger partial charge in [0, 0.05) is 30.6 Å². The second-order valence-electron chi connectivity index (χ2n) is 5.25. The molecule has 2 rings (SSSR count). The van der Waals surface area contributed by atoms with Gasteiger partial charge in [-0.3, -0.25) is 9.59 Å². The molecule has 0 saturated heterocycles. The Morgan fingerprint density at radius 3 is 2.73 bits per heavy atom. The van der Waals surface area contributed by atoms with Crippen molar-refractivity contribution in [3.05, 3.63) is 54.0 Å². The minimum Gasteiger partial charge on any atom is -0.469 e. The zero-order valence-corrected chi connectivity index (χ0v) is 12.8. The van der Waals surface area contributed by atoms with E-state index in [-0.39, 0.29) is 17.9 Å². The maximum Gasteiger partial charge on any atom is 0.251 e. The molecule has 116 valence electrons. The average Bonchev–Trinajstić information content (AvgIpc) is 2.98. The largest absolute Gasteiger partial charge is 0.469 e. The molecule has 0 radical (unpaired) electrons. The van der Waals surface area contributed by atoms with Crippen molar-refractivity contribution in [2.75, 3.05) is 5.32 Å². The van der Waals surface area contributed by atoms with Crippen molar-refractivity contribution in [3.8, 4) is 0 Å². The van der Waals surface area contributed by atoms with Crippen molar-refractivity contribution >= 4 is 17.5 Å². The fraction of sp³-hybridized carbons (Fsp3) is 0.294. The highest BCUT2D eigenvalue weighted by Gasteiger charge is 2.11. The van der Waals surface area contributed by atoms with Gasteiger partial charge < -0.3 is 15.1 Å². The number of hydrogen-bond acceptors (Lipinski definition) is 3. The number of aryl methyl sites for hydroxylation is 1. The maximum atomic E-state index is 12.2. The van der Waals surface area contributed by atoms with Gasteiger partial charge in [0.25, 0.3) is 5.91 Å². The monoisotopic (exact) mass is 300 g/mol. The summed E-state index contributed by atoms with van der Waals surface area (Å²) in [4.78, 5) is 23.3. The summed E-state index contributed by atoms with van der Waals surface area (Å²) in [6, 6.07) is 10.7. The van der Waals surface area contributed by atoms with Gasteiger partial charge in [-0.1, -0.05) is 6.07 Å². The Hall–Kier alpha value is -2.56. The zero-order valence-electron chi connectivity index (χ0n) is 12.8. The first-order valence-electron chi connectivity index (χ1n) is 7.25. The van der Waals surface area contributed by atoms with E-state index in [4.69, 9.17) is 4.42 Å². The summed E-state index contributed by atoms with van der Waals surface area (Å²) in [6.07, 6.45) is 3.22.